The molecule has 4 aromatic carbocycles. The first kappa shape index (κ1) is 52.2. The zero-order valence-corrected chi connectivity index (χ0v) is 45.8. The monoisotopic (exact) mass is 1080 g/mol. The van der Waals surface area contributed by atoms with E-state index in [0.717, 1.165) is 68.4 Å². The lowest BCUT2D eigenvalue weighted by molar-refractivity contribution is 0.269. The van der Waals surface area contributed by atoms with Gasteiger partial charge in [-0.1, -0.05) is 19.1 Å². The van der Waals surface area contributed by atoms with Gasteiger partial charge in [0.2, 0.25) is 0 Å². The van der Waals surface area contributed by atoms with Gasteiger partial charge in [-0.2, -0.15) is 10.2 Å². The van der Waals surface area contributed by atoms with E-state index < -0.39 is 5.82 Å². The van der Waals surface area contributed by atoms with Crippen LogP contribution in [0.1, 0.15) is 12.5 Å². The molecule has 8 heterocycles. The lowest BCUT2D eigenvalue weighted by Crippen LogP contribution is -2.28. The first-order chi connectivity index (χ1) is 39.4. The average Bonchev–Trinajstić information content (AvgIpc) is 4.40. The smallest absolute Gasteiger partial charge is 0.159 e. The molecule has 0 saturated heterocycles. The van der Waals surface area contributed by atoms with E-state index in [0.29, 0.717) is 112 Å². The molecule has 0 aliphatic rings. The molecule has 0 aliphatic carbocycles. The van der Waals surface area contributed by atoms with Crippen LogP contribution in [-0.2, 0) is 13.2 Å². The minimum Gasteiger partial charge on any atom is -0.384 e. The molecule has 0 aliphatic heterocycles. The summed E-state index contributed by atoms with van der Waals surface area (Å²) in [7, 11) is 10.0. The molecule has 0 bridgehead atoms. The number of likely N-dealkylation sites (N-methyl/N-ethyl adjacent to an activating group) is 2. The molecular formula is C61H60F2N18. The summed E-state index contributed by atoms with van der Waals surface area (Å²) in [6.45, 7) is 6.59. The molecule has 20 heteroatoms. The van der Waals surface area contributed by atoms with E-state index in [9.17, 15) is 0 Å². The second-order valence-corrected chi connectivity index (χ2v) is 20.8. The summed E-state index contributed by atoms with van der Waals surface area (Å²) >= 11 is 0. The number of hydrogen-bond acceptors (Lipinski definition) is 14. The normalized spacial score (nSPS) is 11.8. The van der Waals surface area contributed by atoms with Crippen LogP contribution < -0.4 is 20.9 Å². The Bertz CT molecular complexity index is 4250. The van der Waals surface area contributed by atoms with Crippen LogP contribution in [0.4, 0.5) is 25.8 Å². The molecule has 81 heavy (non-hydrogen) atoms. The van der Waals surface area contributed by atoms with Crippen molar-refractivity contribution in [2.45, 2.75) is 20.1 Å². The van der Waals surface area contributed by atoms with Crippen LogP contribution in [0.3, 0.4) is 0 Å². The minimum absolute atomic E-state index is 0.361. The van der Waals surface area contributed by atoms with Crippen molar-refractivity contribution in [1.29, 1.82) is 0 Å². The topological polar surface area (TPSA) is 201 Å². The molecule has 8 aromatic heterocycles. The summed E-state index contributed by atoms with van der Waals surface area (Å²) in [5, 5.41) is 25.0. The standard InChI is InChI=1S/C61H60F2N18/c1-7-64-26-36-16-41(28-65-27-36)38-9-11-55-49(23-38)59(61-72-54-34-68-32-51(57(54)74-61)39-17-43(62)24-45(19-39)69-12-14-78(2)3)77-81(55)35-80(6)15-13-70-46-20-40(18-44(63)25-46)50-31-67-33-53-56(50)73-60(71-53)58-48-22-37(8-10-52(48)75-76-58)42-21-47(79(4)5)30-66-29-42/h8-11,16-25,27-34,64,69-70H,7,12-15,26,35H2,1-6H3,(H,71,73)(H,72,74)(H,75,76). The van der Waals surface area contributed by atoms with Crippen molar-refractivity contribution < 1.29 is 8.78 Å². The summed E-state index contributed by atoms with van der Waals surface area (Å²) in [6, 6.07) is 26.5. The minimum atomic E-state index is -0.397. The third kappa shape index (κ3) is 11.0. The van der Waals surface area contributed by atoms with Gasteiger partial charge in [-0.15, -0.1) is 0 Å². The molecule has 0 amide bonds. The van der Waals surface area contributed by atoms with E-state index in [1.54, 1.807) is 24.8 Å². The number of nitrogens with zero attached hydrogens (tertiary/aromatic N) is 12. The molecule has 0 unspecified atom stereocenters. The number of fused-ring (bicyclic) bond motifs is 4. The molecule has 0 spiro atoms. The fraction of sp³-hybridized carbons (Fsp3) is 0.213. The Hall–Kier alpha value is -9.50. The van der Waals surface area contributed by atoms with Crippen LogP contribution >= 0.6 is 0 Å². The highest BCUT2D eigenvalue weighted by Gasteiger charge is 2.22. The highest BCUT2D eigenvalue weighted by molar-refractivity contribution is 6.00. The molecule has 408 valence electrons. The number of pyridine rings is 4. The van der Waals surface area contributed by atoms with Gasteiger partial charge in [0.25, 0.3) is 0 Å². The van der Waals surface area contributed by atoms with Gasteiger partial charge in [0.1, 0.15) is 23.0 Å². The summed E-state index contributed by atoms with van der Waals surface area (Å²) in [4.78, 5) is 41.5. The fourth-order valence-electron chi connectivity index (χ4n) is 10.2. The third-order valence-electron chi connectivity index (χ3n) is 14.3. The fourth-order valence-corrected chi connectivity index (χ4v) is 10.2. The molecule has 12 aromatic rings. The maximum atomic E-state index is 15.6. The number of hydrogen-bond donors (Lipinski definition) is 6. The SMILES string of the molecule is CCNCc1cncc(-c2ccc3c(c2)c(-c2nc4c(-c5cc(F)cc(NCCN(C)C)c5)cncc4[nH]2)nn3CN(C)CCNc2cc(F)cc(-c3cncc4[nH]c(-c5n[nH]c6ccc(-c7cncc(N(C)C)c7)cc56)nc34)c2)c1. The Morgan fingerprint density at radius 3 is 1.81 bits per heavy atom. The van der Waals surface area contributed by atoms with E-state index in [4.69, 9.17) is 15.1 Å². The molecule has 12 rings (SSSR count). The summed E-state index contributed by atoms with van der Waals surface area (Å²) in [5.74, 6) is 0.350. The summed E-state index contributed by atoms with van der Waals surface area (Å²) in [5.41, 5.74) is 15.7. The van der Waals surface area contributed by atoms with Crippen LogP contribution in [0.25, 0.3) is 111 Å². The zero-order chi connectivity index (χ0) is 55.7. The third-order valence-corrected chi connectivity index (χ3v) is 14.3. The van der Waals surface area contributed by atoms with E-state index in [1.807, 2.05) is 93.9 Å². The first-order valence-corrected chi connectivity index (χ1v) is 26.8. The van der Waals surface area contributed by atoms with Gasteiger partial charge in [0.15, 0.2) is 11.6 Å². The van der Waals surface area contributed by atoms with Gasteiger partial charge in [-0.3, -0.25) is 29.9 Å². The zero-order valence-electron chi connectivity index (χ0n) is 45.8. The van der Waals surface area contributed by atoms with Crippen molar-refractivity contribution in [2.24, 2.45) is 0 Å². The largest absolute Gasteiger partial charge is 0.384 e. The molecule has 0 saturated carbocycles. The van der Waals surface area contributed by atoms with Crippen LogP contribution in [0, 0.1) is 11.6 Å². The predicted octanol–water partition coefficient (Wildman–Crippen LogP) is 10.7. The van der Waals surface area contributed by atoms with Gasteiger partial charge in [0, 0.05) is 122 Å². The highest BCUT2D eigenvalue weighted by atomic mass is 19.1. The van der Waals surface area contributed by atoms with Gasteiger partial charge in [-0.25, -0.2) is 23.4 Å². The quantitative estimate of drug-likeness (QED) is 0.0421. The highest BCUT2D eigenvalue weighted by Crippen LogP contribution is 2.37. The second-order valence-electron chi connectivity index (χ2n) is 20.8. The van der Waals surface area contributed by atoms with E-state index in [2.05, 4.69) is 109 Å². The Morgan fingerprint density at radius 2 is 1.16 bits per heavy atom. The number of H-pyrrole nitrogens is 3. The van der Waals surface area contributed by atoms with Gasteiger partial charge >= 0.3 is 0 Å². The Labute approximate surface area is 465 Å². The lowest BCUT2D eigenvalue weighted by atomic mass is 10.0. The summed E-state index contributed by atoms with van der Waals surface area (Å²) in [6.07, 6.45) is 14.3. The van der Waals surface area contributed by atoms with E-state index >= 15 is 8.78 Å². The lowest BCUT2D eigenvalue weighted by Gasteiger charge is -2.18. The Balaban J connectivity index is 0.801. The van der Waals surface area contributed by atoms with Crippen molar-refractivity contribution in [2.75, 3.05) is 83.5 Å². The average molecular weight is 1080 g/mol. The molecule has 0 fully saturated rings. The van der Waals surface area contributed by atoms with E-state index in [-0.39, 0.29) is 5.82 Å². The van der Waals surface area contributed by atoms with Crippen molar-refractivity contribution in [3.63, 3.8) is 0 Å². The van der Waals surface area contributed by atoms with Gasteiger partial charge in [0.05, 0.1) is 64.0 Å². The van der Waals surface area contributed by atoms with Crippen molar-refractivity contribution in [3.8, 4) is 67.5 Å². The first-order valence-electron chi connectivity index (χ1n) is 26.8. The molecule has 0 radical (unpaired) electrons. The number of imidazole rings is 2. The van der Waals surface area contributed by atoms with Crippen LogP contribution in [-0.4, -0.2) is 138 Å². The Kier molecular flexibility index (Phi) is 14.4. The number of anilines is 3. The van der Waals surface area contributed by atoms with Gasteiger partial charge in [-0.05, 0) is 128 Å². The second kappa shape index (κ2) is 22.3. The number of aromatic amines is 3. The van der Waals surface area contributed by atoms with E-state index in [1.165, 1.54) is 24.3 Å². The van der Waals surface area contributed by atoms with Crippen LogP contribution in [0.2, 0.25) is 0 Å². The molecule has 18 nitrogen and oxygen atoms in total. The van der Waals surface area contributed by atoms with Crippen molar-refractivity contribution >= 4 is 60.9 Å². The maximum Gasteiger partial charge on any atom is 0.159 e. The molecule has 6 N–H and O–H groups in total. The number of halogens is 2. The summed E-state index contributed by atoms with van der Waals surface area (Å²) < 4.78 is 32.8. The van der Waals surface area contributed by atoms with Crippen LogP contribution in [0.15, 0.2) is 135 Å². The van der Waals surface area contributed by atoms with Crippen molar-refractivity contribution in [1.82, 2.24) is 75.0 Å². The van der Waals surface area contributed by atoms with Gasteiger partial charge < -0.3 is 35.7 Å². The maximum absolute atomic E-state index is 15.6. The number of benzene rings is 4. The molecular weight excluding hydrogens is 1020 g/mol. The number of aromatic nitrogens is 12. The van der Waals surface area contributed by atoms with Crippen LogP contribution in [0.5, 0.6) is 0 Å². The number of rotatable bonds is 20. The molecule has 0 atom stereocenters. The predicted molar refractivity (Wildman–Crippen MR) is 319 cm³/mol. The van der Waals surface area contributed by atoms with Crippen molar-refractivity contribution in [3.05, 3.63) is 152 Å². The number of nitrogens with one attached hydrogen (secondary N) is 6. The Morgan fingerprint density at radius 1 is 0.556 bits per heavy atom.